The summed E-state index contributed by atoms with van der Waals surface area (Å²) in [4.78, 5) is 2.40. The van der Waals surface area contributed by atoms with Gasteiger partial charge in [-0.05, 0) is 19.4 Å². The summed E-state index contributed by atoms with van der Waals surface area (Å²) in [6.45, 7) is 5.48. The number of nitrogens with zero attached hydrogens (tertiary/aromatic N) is 1. The number of β-amino-alcohol motifs (C(OH)–C–C–N with tert-alkyl or cyclic N) is 1. The highest BCUT2D eigenvalue weighted by Gasteiger charge is 2.18. The molecule has 1 aliphatic rings. The van der Waals surface area contributed by atoms with Gasteiger partial charge in [0.25, 0.3) is 0 Å². The van der Waals surface area contributed by atoms with E-state index in [9.17, 15) is 5.11 Å². The van der Waals surface area contributed by atoms with Crippen molar-refractivity contribution in [3.05, 3.63) is 0 Å². The van der Waals surface area contributed by atoms with Gasteiger partial charge in [0.1, 0.15) is 0 Å². The molecule has 1 fully saturated rings. The van der Waals surface area contributed by atoms with Crippen molar-refractivity contribution in [3.8, 4) is 0 Å². The number of hydrogen-bond donors (Lipinski definition) is 1. The van der Waals surface area contributed by atoms with Crippen LogP contribution in [0.3, 0.4) is 0 Å². The Morgan fingerprint density at radius 3 is 2.33 bits per heavy atom. The van der Waals surface area contributed by atoms with Crippen molar-refractivity contribution in [2.75, 3.05) is 19.6 Å². The van der Waals surface area contributed by atoms with Crippen LogP contribution in [0.15, 0.2) is 0 Å². The van der Waals surface area contributed by atoms with Crippen LogP contribution >= 0.6 is 0 Å². The van der Waals surface area contributed by atoms with Crippen molar-refractivity contribution in [1.29, 1.82) is 0 Å². The lowest BCUT2D eigenvalue weighted by molar-refractivity contribution is 0.175. The summed E-state index contributed by atoms with van der Waals surface area (Å²) in [7, 11) is 0. The van der Waals surface area contributed by atoms with E-state index in [1.807, 2.05) is 0 Å². The smallest absolute Gasteiger partial charge is 0.0679 e. The fraction of sp³-hybridized carbons (Fsp3) is 1.00. The van der Waals surface area contributed by atoms with Gasteiger partial charge in [-0.1, -0.05) is 45.4 Å². The number of hydrogen-bond acceptors (Lipinski definition) is 2. The van der Waals surface area contributed by atoms with Gasteiger partial charge in [-0.3, -0.25) is 0 Å². The van der Waals surface area contributed by atoms with Gasteiger partial charge in [-0.2, -0.15) is 0 Å². The molecule has 2 nitrogen and oxygen atoms in total. The van der Waals surface area contributed by atoms with Crippen LogP contribution < -0.4 is 0 Å². The third kappa shape index (κ3) is 6.16. The van der Waals surface area contributed by atoms with E-state index in [2.05, 4.69) is 11.8 Å². The SMILES string of the molecule is CCCCCCCCCN1CCC(O)C1. The number of aliphatic hydroxyl groups is 1. The number of aliphatic hydroxyl groups excluding tert-OH is 1. The minimum atomic E-state index is -0.0467. The molecule has 0 saturated carbocycles. The Morgan fingerprint density at radius 1 is 1.07 bits per heavy atom. The second-order valence-corrected chi connectivity index (χ2v) is 4.86. The van der Waals surface area contributed by atoms with Crippen molar-refractivity contribution in [2.24, 2.45) is 0 Å². The van der Waals surface area contributed by atoms with Gasteiger partial charge < -0.3 is 10.0 Å². The van der Waals surface area contributed by atoms with E-state index >= 15 is 0 Å². The molecule has 1 unspecified atom stereocenters. The Hall–Kier alpha value is -0.0800. The van der Waals surface area contributed by atoms with Gasteiger partial charge >= 0.3 is 0 Å². The summed E-state index contributed by atoms with van der Waals surface area (Å²) in [5, 5.41) is 9.36. The molecule has 0 amide bonds. The van der Waals surface area contributed by atoms with Crippen molar-refractivity contribution < 1.29 is 5.11 Å². The van der Waals surface area contributed by atoms with Crippen LogP contribution in [0.1, 0.15) is 58.3 Å². The molecule has 1 heterocycles. The van der Waals surface area contributed by atoms with Gasteiger partial charge in [0, 0.05) is 13.1 Å². The van der Waals surface area contributed by atoms with Crippen LogP contribution in [0.2, 0.25) is 0 Å². The van der Waals surface area contributed by atoms with E-state index in [0.29, 0.717) is 0 Å². The Bertz CT molecular complexity index is 149. The molecule has 1 N–H and O–H groups in total. The number of unbranched alkanes of at least 4 members (excludes halogenated alkanes) is 6. The van der Waals surface area contributed by atoms with Crippen molar-refractivity contribution in [2.45, 2.75) is 64.4 Å². The van der Waals surface area contributed by atoms with E-state index in [0.717, 1.165) is 19.5 Å². The van der Waals surface area contributed by atoms with Crippen molar-refractivity contribution >= 4 is 0 Å². The van der Waals surface area contributed by atoms with Crippen LogP contribution in [-0.4, -0.2) is 35.7 Å². The lowest BCUT2D eigenvalue weighted by Crippen LogP contribution is -2.23. The second kappa shape index (κ2) is 8.12. The molecular formula is C13H27NO. The molecule has 0 aromatic rings. The monoisotopic (exact) mass is 213 g/mol. The van der Waals surface area contributed by atoms with Gasteiger partial charge in [0.15, 0.2) is 0 Å². The Morgan fingerprint density at radius 2 is 1.73 bits per heavy atom. The topological polar surface area (TPSA) is 23.5 Å². The van der Waals surface area contributed by atoms with Crippen LogP contribution in [-0.2, 0) is 0 Å². The molecule has 0 radical (unpaired) electrons. The molecule has 0 spiro atoms. The first-order valence-electron chi connectivity index (χ1n) is 6.73. The van der Waals surface area contributed by atoms with E-state index in [-0.39, 0.29) is 6.10 Å². The molecule has 1 aliphatic heterocycles. The van der Waals surface area contributed by atoms with Crippen LogP contribution in [0.5, 0.6) is 0 Å². The summed E-state index contributed by atoms with van der Waals surface area (Å²) < 4.78 is 0. The maximum atomic E-state index is 9.36. The molecule has 0 bridgehead atoms. The fourth-order valence-electron chi connectivity index (χ4n) is 2.31. The first-order valence-corrected chi connectivity index (χ1v) is 6.73. The summed E-state index contributed by atoms with van der Waals surface area (Å²) >= 11 is 0. The van der Waals surface area contributed by atoms with Crippen LogP contribution in [0, 0.1) is 0 Å². The van der Waals surface area contributed by atoms with E-state index in [1.165, 1.54) is 51.5 Å². The average molecular weight is 213 g/mol. The minimum Gasteiger partial charge on any atom is -0.392 e. The zero-order valence-corrected chi connectivity index (χ0v) is 10.2. The maximum absolute atomic E-state index is 9.36. The van der Waals surface area contributed by atoms with Gasteiger partial charge in [0.05, 0.1) is 6.10 Å². The normalized spacial score (nSPS) is 22.4. The molecule has 1 saturated heterocycles. The van der Waals surface area contributed by atoms with Gasteiger partial charge in [-0.15, -0.1) is 0 Å². The third-order valence-corrected chi connectivity index (χ3v) is 3.33. The molecule has 90 valence electrons. The Balaban J connectivity index is 1.81. The quantitative estimate of drug-likeness (QED) is 0.627. The first kappa shape index (κ1) is 13.0. The van der Waals surface area contributed by atoms with Crippen LogP contribution in [0.25, 0.3) is 0 Å². The standard InChI is InChI=1S/C13H27NO/c1-2-3-4-5-6-7-8-10-14-11-9-13(15)12-14/h13,15H,2-12H2,1H3. The molecule has 0 aliphatic carbocycles. The fourth-order valence-corrected chi connectivity index (χ4v) is 2.31. The summed E-state index contributed by atoms with van der Waals surface area (Å²) in [6, 6.07) is 0. The predicted molar refractivity (Wildman–Crippen MR) is 65.1 cm³/mol. The summed E-state index contributed by atoms with van der Waals surface area (Å²) in [5.41, 5.74) is 0. The molecule has 15 heavy (non-hydrogen) atoms. The minimum absolute atomic E-state index is 0.0467. The number of likely N-dealkylation sites (tertiary alicyclic amines) is 1. The van der Waals surface area contributed by atoms with Crippen LogP contribution in [0.4, 0.5) is 0 Å². The molecule has 0 aromatic heterocycles. The molecular weight excluding hydrogens is 186 g/mol. The maximum Gasteiger partial charge on any atom is 0.0679 e. The van der Waals surface area contributed by atoms with Crippen molar-refractivity contribution in [3.63, 3.8) is 0 Å². The highest BCUT2D eigenvalue weighted by Crippen LogP contribution is 2.11. The van der Waals surface area contributed by atoms with Crippen molar-refractivity contribution in [1.82, 2.24) is 4.90 Å². The lowest BCUT2D eigenvalue weighted by atomic mass is 10.1. The Kier molecular flexibility index (Phi) is 7.03. The molecule has 1 atom stereocenters. The largest absolute Gasteiger partial charge is 0.392 e. The average Bonchev–Trinajstić information content (AvgIpc) is 2.63. The van der Waals surface area contributed by atoms with E-state index < -0.39 is 0 Å². The van der Waals surface area contributed by atoms with E-state index in [1.54, 1.807) is 0 Å². The molecule has 1 rings (SSSR count). The molecule has 0 aromatic carbocycles. The second-order valence-electron chi connectivity index (χ2n) is 4.86. The lowest BCUT2D eigenvalue weighted by Gasteiger charge is -2.14. The van der Waals surface area contributed by atoms with Gasteiger partial charge in [0.2, 0.25) is 0 Å². The zero-order chi connectivity index (χ0) is 10.9. The predicted octanol–water partition coefficient (Wildman–Crippen LogP) is 2.80. The highest BCUT2D eigenvalue weighted by molar-refractivity contribution is 4.73. The Labute approximate surface area is 94.7 Å². The molecule has 2 heteroatoms. The van der Waals surface area contributed by atoms with Gasteiger partial charge in [-0.25, -0.2) is 0 Å². The third-order valence-electron chi connectivity index (χ3n) is 3.33. The highest BCUT2D eigenvalue weighted by atomic mass is 16.3. The first-order chi connectivity index (χ1) is 7.33. The number of rotatable bonds is 8. The summed E-state index contributed by atoms with van der Waals surface area (Å²) in [5.74, 6) is 0. The summed E-state index contributed by atoms with van der Waals surface area (Å²) in [6.07, 6.45) is 10.6. The van der Waals surface area contributed by atoms with E-state index in [4.69, 9.17) is 0 Å². The zero-order valence-electron chi connectivity index (χ0n) is 10.2.